The first-order valence-corrected chi connectivity index (χ1v) is 5.94. The second-order valence-corrected chi connectivity index (χ2v) is 4.19. The Morgan fingerprint density at radius 1 is 1.44 bits per heavy atom. The van der Waals surface area contributed by atoms with Gasteiger partial charge in [-0.1, -0.05) is 0 Å². The van der Waals surface area contributed by atoms with E-state index in [1.165, 1.54) is 0 Å². The van der Waals surface area contributed by atoms with E-state index in [9.17, 15) is 4.79 Å². The number of likely N-dealkylation sites (N-methyl/N-ethyl adjacent to an activating group) is 1. The van der Waals surface area contributed by atoms with E-state index in [4.69, 9.17) is 9.47 Å². The topological polar surface area (TPSA) is 50.8 Å². The van der Waals surface area contributed by atoms with Gasteiger partial charge in [-0.3, -0.25) is 4.79 Å². The summed E-state index contributed by atoms with van der Waals surface area (Å²) < 4.78 is 10.4. The maximum atomic E-state index is 12.0. The molecule has 18 heavy (non-hydrogen) atoms. The van der Waals surface area contributed by atoms with Crippen LogP contribution >= 0.6 is 0 Å². The molecule has 0 bridgehead atoms. The lowest BCUT2D eigenvalue weighted by Gasteiger charge is -2.35. The number of amides is 1. The molecule has 1 heterocycles. The molecular weight excluding hydrogens is 232 g/mol. The van der Waals surface area contributed by atoms with Gasteiger partial charge in [-0.25, -0.2) is 0 Å². The highest BCUT2D eigenvalue weighted by atomic mass is 16.5. The van der Waals surface area contributed by atoms with Crippen molar-refractivity contribution in [3.8, 4) is 5.75 Å². The average molecular weight is 250 g/mol. The zero-order valence-corrected chi connectivity index (χ0v) is 10.7. The molecule has 1 N–H and O–H groups in total. The molecular formula is C13H18N2O3. The lowest BCUT2D eigenvalue weighted by Crippen LogP contribution is -2.53. The number of morpholine rings is 1. The zero-order chi connectivity index (χ0) is 13.0. The van der Waals surface area contributed by atoms with Crippen molar-refractivity contribution in [3.05, 3.63) is 24.3 Å². The summed E-state index contributed by atoms with van der Waals surface area (Å²) >= 11 is 0. The second-order valence-electron chi connectivity index (χ2n) is 4.19. The van der Waals surface area contributed by atoms with Gasteiger partial charge in [0, 0.05) is 12.2 Å². The average Bonchev–Trinajstić information content (AvgIpc) is 2.40. The van der Waals surface area contributed by atoms with Crippen molar-refractivity contribution in [2.75, 3.05) is 38.8 Å². The number of carbonyl (C=O) groups excluding carboxylic acids is 1. The summed E-state index contributed by atoms with van der Waals surface area (Å²) in [5.41, 5.74) is 0.879. The molecule has 0 saturated carbocycles. The van der Waals surface area contributed by atoms with E-state index in [1.54, 1.807) is 12.0 Å². The number of benzene rings is 1. The monoisotopic (exact) mass is 250 g/mol. The van der Waals surface area contributed by atoms with Gasteiger partial charge in [-0.05, 0) is 31.3 Å². The smallest absolute Gasteiger partial charge is 0.253 e. The van der Waals surface area contributed by atoms with E-state index >= 15 is 0 Å². The molecule has 1 fully saturated rings. The Labute approximate surface area is 107 Å². The van der Waals surface area contributed by atoms with E-state index in [-0.39, 0.29) is 18.6 Å². The van der Waals surface area contributed by atoms with Crippen LogP contribution in [0.2, 0.25) is 0 Å². The fourth-order valence-electron chi connectivity index (χ4n) is 2.11. The summed E-state index contributed by atoms with van der Waals surface area (Å²) in [6, 6.07) is 7.53. The maximum absolute atomic E-state index is 12.0. The zero-order valence-electron chi connectivity index (χ0n) is 10.7. The lowest BCUT2D eigenvalue weighted by molar-refractivity contribution is -0.127. The Hall–Kier alpha value is -1.59. The third kappa shape index (κ3) is 2.63. The number of hydrogen-bond acceptors (Lipinski definition) is 4. The summed E-state index contributed by atoms with van der Waals surface area (Å²) in [5.74, 6) is 0.774. The van der Waals surface area contributed by atoms with Gasteiger partial charge in [0.05, 0.1) is 19.8 Å². The minimum atomic E-state index is -0.00772. The van der Waals surface area contributed by atoms with E-state index in [0.29, 0.717) is 13.2 Å². The minimum Gasteiger partial charge on any atom is -0.497 e. The van der Waals surface area contributed by atoms with Gasteiger partial charge in [0.1, 0.15) is 12.4 Å². The van der Waals surface area contributed by atoms with Crippen LogP contribution in [0.5, 0.6) is 5.75 Å². The largest absolute Gasteiger partial charge is 0.497 e. The first kappa shape index (κ1) is 12.9. The van der Waals surface area contributed by atoms with Crippen molar-refractivity contribution in [1.82, 2.24) is 5.32 Å². The fourth-order valence-corrected chi connectivity index (χ4v) is 2.11. The summed E-state index contributed by atoms with van der Waals surface area (Å²) in [4.78, 5) is 13.8. The molecule has 1 aromatic carbocycles. The third-order valence-electron chi connectivity index (χ3n) is 2.96. The van der Waals surface area contributed by atoms with Crippen molar-refractivity contribution < 1.29 is 14.3 Å². The Morgan fingerprint density at radius 3 is 2.78 bits per heavy atom. The minimum absolute atomic E-state index is 0.00772. The normalized spacial score (nSPS) is 20.0. The first-order chi connectivity index (χ1) is 8.76. The van der Waals surface area contributed by atoms with Gasteiger partial charge in [0.25, 0.3) is 5.91 Å². The Bertz CT molecular complexity index is 403. The van der Waals surface area contributed by atoms with Gasteiger partial charge < -0.3 is 19.7 Å². The Balaban J connectivity index is 2.22. The molecule has 1 amide bonds. The number of methoxy groups -OCH3 is 1. The molecule has 0 aliphatic carbocycles. The molecule has 2 rings (SSSR count). The number of hydrogen-bond donors (Lipinski definition) is 1. The summed E-state index contributed by atoms with van der Waals surface area (Å²) in [5, 5.41) is 3.08. The molecule has 1 aliphatic rings. The van der Waals surface area contributed by atoms with Gasteiger partial charge in [0.15, 0.2) is 0 Å². The highest BCUT2D eigenvalue weighted by molar-refractivity contribution is 5.95. The summed E-state index contributed by atoms with van der Waals surface area (Å²) in [6.07, 6.45) is 0. The molecule has 1 aliphatic heterocycles. The predicted molar refractivity (Wildman–Crippen MR) is 69.0 cm³/mol. The van der Waals surface area contributed by atoms with E-state index in [2.05, 4.69) is 5.32 Å². The molecule has 5 nitrogen and oxygen atoms in total. The second kappa shape index (κ2) is 5.84. The Kier molecular flexibility index (Phi) is 4.17. The van der Waals surface area contributed by atoms with Gasteiger partial charge in [0.2, 0.25) is 0 Å². The molecule has 1 aromatic rings. The quantitative estimate of drug-likeness (QED) is 0.852. The fraction of sp³-hybridized carbons (Fsp3) is 0.462. The predicted octanol–water partition coefficient (Wildman–Crippen LogP) is 0.646. The highest BCUT2D eigenvalue weighted by Crippen LogP contribution is 2.23. The number of anilines is 1. The van der Waals surface area contributed by atoms with Crippen molar-refractivity contribution in [2.45, 2.75) is 6.04 Å². The Morgan fingerprint density at radius 2 is 2.17 bits per heavy atom. The molecule has 0 spiro atoms. The van der Waals surface area contributed by atoms with Crippen molar-refractivity contribution in [1.29, 1.82) is 0 Å². The third-order valence-corrected chi connectivity index (χ3v) is 2.96. The molecule has 0 aromatic heterocycles. The van der Waals surface area contributed by atoms with Crippen LogP contribution in [-0.4, -0.2) is 45.9 Å². The van der Waals surface area contributed by atoms with E-state index < -0.39 is 0 Å². The number of nitrogens with zero attached hydrogens (tertiary/aromatic N) is 1. The van der Waals surface area contributed by atoms with Crippen LogP contribution < -0.4 is 15.0 Å². The summed E-state index contributed by atoms with van der Waals surface area (Å²) in [7, 11) is 3.49. The van der Waals surface area contributed by atoms with Crippen molar-refractivity contribution in [2.24, 2.45) is 0 Å². The van der Waals surface area contributed by atoms with Crippen LogP contribution in [0.1, 0.15) is 0 Å². The van der Waals surface area contributed by atoms with Gasteiger partial charge in [-0.2, -0.15) is 0 Å². The van der Waals surface area contributed by atoms with Crippen LogP contribution in [0.25, 0.3) is 0 Å². The molecule has 98 valence electrons. The van der Waals surface area contributed by atoms with Crippen LogP contribution in [0, 0.1) is 0 Å². The number of ether oxygens (including phenoxy) is 2. The van der Waals surface area contributed by atoms with Crippen molar-refractivity contribution in [3.63, 3.8) is 0 Å². The highest BCUT2D eigenvalue weighted by Gasteiger charge is 2.29. The lowest BCUT2D eigenvalue weighted by atomic mass is 10.1. The number of nitrogens with one attached hydrogen (secondary N) is 1. The summed E-state index contributed by atoms with van der Waals surface area (Å²) in [6.45, 7) is 1.41. The van der Waals surface area contributed by atoms with Gasteiger partial charge in [-0.15, -0.1) is 0 Å². The molecule has 1 atom stereocenters. The number of rotatable bonds is 4. The maximum Gasteiger partial charge on any atom is 0.253 e. The SMILES string of the molecule is CNCC1COCC(=O)N1c1ccc(OC)cc1. The molecule has 0 radical (unpaired) electrons. The molecule has 5 heteroatoms. The molecule has 1 saturated heterocycles. The van der Waals surface area contributed by atoms with Gasteiger partial charge >= 0.3 is 0 Å². The number of carbonyl (C=O) groups is 1. The van der Waals surface area contributed by atoms with Crippen LogP contribution in [-0.2, 0) is 9.53 Å². The van der Waals surface area contributed by atoms with Crippen LogP contribution in [0.15, 0.2) is 24.3 Å². The van der Waals surface area contributed by atoms with Crippen LogP contribution in [0.3, 0.4) is 0 Å². The van der Waals surface area contributed by atoms with E-state index in [1.807, 2.05) is 31.3 Å². The first-order valence-electron chi connectivity index (χ1n) is 5.94. The van der Waals surface area contributed by atoms with E-state index in [0.717, 1.165) is 11.4 Å². The van der Waals surface area contributed by atoms with Crippen molar-refractivity contribution >= 4 is 11.6 Å². The van der Waals surface area contributed by atoms with Crippen LogP contribution in [0.4, 0.5) is 5.69 Å². The standard InChI is InChI=1S/C13H18N2O3/c1-14-7-11-8-18-9-13(16)15(11)10-3-5-12(17-2)6-4-10/h3-6,11,14H,7-9H2,1-2H3. The molecule has 1 unspecified atom stereocenters.